The average Bonchev–Trinajstić information content (AvgIpc) is 2.93. The summed E-state index contributed by atoms with van der Waals surface area (Å²) in [5.41, 5.74) is 3.55. The van der Waals surface area contributed by atoms with E-state index in [-0.39, 0.29) is 11.5 Å². The molecule has 0 saturated heterocycles. The molecular weight excluding hydrogens is 637 g/mol. The van der Waals surface area contributed by atoms with Gasteiger partial charge < -0.3 is 19.3 Å². The smallest absolute Gasteiger partial charge is 0.344 e. The molecule has 0 radical (unpaired) electrons. The number of aliphatic carboxylic acids is 1. The lowest BCUT2D eigenvalue weighted by Gasteiger charge is -2.18. The van der Waals surface area contributed by atoms with Crippen molar-refractivity contribution in [3.63, 3.8) is 0 Å². The molecule has 0 aliphatic carbocycles. The second-order valence-corrected chi connectivity index (χ2v) is 10.9. The van der Waals surface area contributed by atoms with Crippen LogP contribution in [0.2, 0.25) is 0 Å². The first-order chi connectivity index (χ1) is 19.5. The maximum Gasteiger partial charge on any atom is 0.344 e. The second-order valence-electron chi connectivity index (χ2n) is 9.74. The van der Waals surface area contributed by atoms with Crippen molar-refractivity contribution < 1.29 is 24.1 Å². The maximum atomic E-state index is 13.8. The van der Waals surface area contributed by atoms with Crippen molar-refractivity contribution in [3.05, 3.63) is 79.1 Å². The summed E-state index contributed by atoms with van der Waals surface area (Å²) in [6.07, 6.45) is 0.495. The molecule has 0 saturated carbocycles. The molecule has 41 heavy (non-hydrogen) atoms. The number of fused-ring (bicyclic) bond motifs is 1. The highest BCUT2D eigenvalue weighted by atomic mass is 127. The van der Waals surface area contributed by atoms with Crippen molar-refractivity contribution in [1.82, 2.24) is 9.66 Å². The van der Waals surface area contributed by atoms with Crippen molar-refractivity contribution in [1.29, 1.82) is 0 Å². The number of para-hydroxylation sites is 1. The molecule has 0 spiro atoms. The van der Waals surface area contributed by atoms with Crippen molar-refractivity contribution in [3.8, 4) is 28.6 Å². The van der Waals surface area contributed by atoms with Gasteiger partial charge in [0.25, 0.3) is 5.56 Å². The summed E-state index contributed by atoms with van der Waals surface area (Å²) < 4.78 is 19.0. The number of carboxylic acids is 1. The molecule has 0 amide bonds. The van der Waals surface area contributed by atoms with Crippen LogP contribution in [0.3, 0.4) is 0 Å². The lowest BCUT2D eigenvalue weighted by Crippen LogP contribution is -2.23. The molecule has 9 nitrogen and oxygen atoms in total. The number of methoxy groups -OCH3 is 1. The minimum Gasteiger partial charge on any atom is -0.496 e. The fraction of sp³-hybridized carbons (Fsp3) is 0.290. The molecular formula is C31H32IN3O6. The van der Waals surface area contributed by atoms with Gasteiger partial charge in [-0.1, -0.05) is 26.0 Å². The molecule has 1 atom stereocenters. The number of hydrogen-bond acceptors (Lipinski definition) is 7. The number of ether oxygens (including phenoxy) is 3. The summed E-state index contributed by atoms with van der Waals surface area (Å²) in [6.45, 7) is 9.74. The van der Waals surface area contributed by atoms with Crippen molar-refractivity contribution in [2.45, 2.75) is 46.6 Å². The highest BCUT2D eigenvalue weighted by molar-refractivity contribution is 14.1. The van der Waals surface area contributed by atoms with Crippen LogP contribution in [0, 0.1) is 10.5 Å². The zero-order valence-corrected chi connectivity index (χ0v) is 25.9. The van der Waals surface area contributed by atoms with Gasteiger partial charge in [0.1, 0.15) is 5.75 Å². The van der Waals surface area contributed by atoms with Gasteiger partial charge >= 0.3 is 5.97 Å². The zero-order chi connectivity index (χ0) is 29.8. The highest BCUT2D eigenvalue weighted by Gasteiger charge is 2.20. The number of halogens is 1. The Balaban J connectivity index is 1.90. The Hall–Kier alpha value is -3.93. The molecule has 0 aliphatic rings. The highest BCUT2D eigenvalue weighted by Crippen LogP contribution is 2.36. The molecule has 0 fully saturated rings. The van der Waals surface area contributed by atoms with Gasteiger partial charge in [-0.05, 0) is 102 Å². The molecule has 0 aliphatic heterocycles. The van der Waals surface area contributed by atoms with Gasteiger partial charge in [-0.15, -0.1) is 0 Å². The summed E-state index contributed by atoms with van der Waals surface area (Å²) in [5.74, 6) is 0.987. The van der Waals surface area contributed by atoms with E-state index >= 15 is 0 Å². The van der Waals surface area contributed by atoms with E-state index in [2.05, 4.69) is 41.5 Å². The third-order valence-corrected chi connectivity index (χ3v) is 7.29. The predicted octanol–water partition coefficient (Wildman–Crippen LogP) is 6.24. The molecule has 1 aromatic heterocycles. The van der Waals surface area contributed by atoms with E-state index in [1.165, 1.54) is 11.6 Å². The van der Waals surface area contributed by atoms with E-state index in [0.29, 0.717) is 44.0 Å². The SMILES string of the molecule is CCOc1cc(C=Nn2c(-c3cc(C(C)C)c(OC)cc3C)nc3ccccc3c2=O)cc(I)c1O[C@H](C)C(=O)O. The molecule has 0 bridgehead atoms. The minimum absolute atomic E-state index is 0.178. The van der Waals surface area contributed by atoms with Gasteiger partial charge in [-0.3, -0.25) is 4.79 Å². The third kappa shape index (κ3) is 6.37. The number of carbonyl (C=O) groups is 1. The molecule has 4 rings (SSSR count). The second kappa shape index (κ2) is 12.7. The van der Waals surface area contributed by atoms with Crippen molar-refractivity contribution in [2.24, 2.45) is 5.10 Å². The third-order valence-electron chi connectivity index (χ3n) is 6.49. The van der Waals surface area contributed by atoms with Gasteiger partial charge in [0.15, 0.2) is 23.4 Å². The van der Waals surface area contributed by atoms with Crippen molar-refractivity contribution >= 4 is 45.7 Å². The van der Waals surface area contributed by atoms with Crippen LogP contribution in [-0.2, 0) is 4.79 Å². The molecule has 3 aromatic carbocycles. The van der Waals surface area contributed by atoms with Crippen LogP contribution >= 0.6 is 22.6 Å². The number of aryl methyl sites for hydroxylation is 1. The Morgan fingerprint density at radius 3 is 2.54 bits per heavy atom. The quantitative estimate of drug-likeness (QED) is 0.157. The summed E-state index contributed by atoms with van der Waals surface area (Å²) in [5, 5.41) is 14.4. The maximum absolute atomic E-state index is 13.8. The van der Waals surface area contributed by atoms with Crippen LogP contribution in [0.25, 0.3) is 22.3 Å². The van der Waals surface area contributed by atoms with Gasteiger partial charge in [0.05, 0.1) is 34.4 Å². The molecule has 4 aromatic rings. The Bertz CT molecular complexity index is 1700. The molecule has 1 N–H and O–H groups in total. The molecule has 0 unspecified atom stereocenters. The molecule has 214 valence electrons. The van der Waals surface area contributed by atoms with Crippen LogP contribution < -0.4 is 19.8 Å². The fourth-order valence-electron chi connectivity index (χ4n) is 4.36. The fourth-order valence-corrected chi connectivity index (χ4v) is 5.12. The first-order valence-corrected chi connectivity index (χ1v) is 14.2. The lowest BCUT2D eigenvalue weighted by molar-refractivity contribution is -0.144. The Labute approximate surface area is 251 Å². The molecule has 10 heteroatoms. The van der Waals surface area contributed by atoms with Crippen LogP contribution in [-0.4, -0.2) is 46.8 Å². The van der Waals surface area contributed by atoms with Crippen LogP contribution in [0.15, 0.2) is 58.4 Å². The average molecular weight is 670 g/mol. The Morgan fingerprint density at radius 2 is 1.88 bits per heavy atom. The number of rotatable bonds is 10. The number of hydrogen-bond donors (Lipinski definition) is 1. The van der Waals surface area contributed by atoms with Crippen LogP contribution in [0.5, 0.6) is 17.2 Å². The largest absolute Gasteiger partial charge is 0.496 e. The van der Waals surface area contributed by atoms with E-state index in [9.17, 15) is 14.7 Å². The number of benzene rings is 3. The normalized spacial score (nSPS) is 12.2. The predicted molar refractivity (Wildman–Crippen MR) is 168 cm³/mol. The monoisotopic (exact) mass is 669 g/mol. The summed E-state index contributed by atoms with van der Waals surface area (Å²) >= 11 is 2.06. The first-order valence-electron chi connectivity index (χ1n) is 13.2. The van der Waals surface area contributed by atoms with Crippen molar-refractivity contribution in [2.75, 3.05) is 13.7 Å². The Kier molecular flexibility index (Phi) is 9.31. The van der Waals surface area contributed by atoms with Crippen LogP contribution in [0.4, 0.5) is 0 Å². The van der Waals surface area contributed by atoms with Gasteiger partial charge in [-0.25, -0.2) is 9.78 Å². The van der Waals surface area contributed by atoms with Gasteiger partial charge in [0.2, 0.25) is 0 Å². The van der Waals surface area contributed by atoms with Crippen LogP contribution in [0.1, 0.15) is 50.3 Å². The topological polar surface area (TPSA) is 112 Å². The van der Waals surface area contributed by atoms with E-state index in [1.807, 2.05) is 38.1 Å². The van der Waals surface area contributed by atoms with Gasteiger partial charge in [0, 0.05) is 5.56 Å². The number of nitrogens with zero attached hydrogens (tertiary/aromatic N) is 3. The van der Waals surface area contributed by atoms with E-state index < -0.39 is 12.1 Å². The summed E-state index contributed by atoms with van der Waals surface area (Å²) in [7, 11) is 1.64. The number of aromatic nitrogens is 2. The van der Waals surface area contributed by atoms with Gasteiger partial charge in [-0.2, -0.15) is 9.78 Å². The van der Waals surface area contributed by atoms with E-state index in [4.69, 9.17) is 19.2 Å². The molecule has 1 heterocycles. The lowest BCUT2D eigenvalue weighted by atomic mass is 9.96. The van der Waals surface area contributed by atoms with E-state index in [1.54, 1.807) is 37.6 Å². The minimum atomic E-state index is -1.08. The summed E-state index contributed by atoms with van der Waals surface area (Å²) in [6, 6.07) is 14.6. The Morgan fingerprint density at radius 1 is 1.15 bits per heavy atom. The van der Waals surface area contributed by atoms with E-state index in [0.717, 1.165) is 22.4 Å². The first kappa shape index (κ1) is 30.0. The zero-order valence-electron chi connectivity index (χ0n) is 23.8. The number of carboxylic acid groups (broad SMARTS) is 1. The summed E-state index contributed by atoms with van der Waals surface area (Å²) in [4.78, 5) is 30.0. The standard InChI is InChI=1S/C31H32IN3O6/c1-7-40-27-14-20(13-24(32)28(27)41-19(5)31(37)38)16-33-35-29(34-25-11-9-8-10-21(25)30(35)36)23-15-22(17(2)3)26(39-6)12-18(23)4/h8-17,19H,7H2,1-6H3,(H,37,38)/t19-/m1/s1.